The molecule has 1 aromatic heterocycles. The Labute approximate surface area is 204 Å². The Kier molecular flexibility index (Phi) is 6.88. The van der Waals surface area contributed by atoms with Gasteiger partial charge in [-0.15, -0.1) is 0 Å². The number of carbonyl (C=O) groups is 1. The highest BCUT2D eigenvalue weighted by atomic mass is 32.2. The molecule has 0 saturated heterocycles. The van der Waals surface area contributed by atoms with Gasteiger partial charge in [-0.05, 0) is 67.1 Å². The number of carbonyl (C=O) groups excluding carboxylic acids is 1. The molecule has 0 aliphatic carbocycles. The lowest BCUT2D eigenvalue weighted by molar-refractivity contribution is 0.0934. The van der Waals surface area contributed by atoms with Gasteiger partial charge in [0, 0.05) is 11.3 Å². The highest BCUT2D eigenvalue weighted by molar-refractivity contribution is 7.92. The van der Waals surface area contributed by atoms with Crippen molar-refractivity contribution >= 4 is 21.6 Å². The molecular weight excluding hydrogens is 464 g/mol. The number of methoxy groups -OCH3 is 1. The van der Waals surface area contributed by atoms with Crippen LogP contribution < -0.4 is 14.8 Å². The number of hydrogen-bond acceptors (Lipinski definition) is 5. The first-order chi connectivity index (χ1) is 16.7. The Hall–Kier alpha value is -4.11. The summed E-state index contributed by atoms with van der Waals surface area (Å²) < 4.78 is 32.5. The average molecular weight is 491 g/mol. The van der Waals surface area contributed by atoms with Crippen molar-refractivity contribution in [2.45, 2.75) is 13.0 Å². The fourth-order valence-electron chi connectivity index (χ4n) is 3.66. The largest absolute Gasteiger partial charge is 0.497 e. The minimum absolute atomic E-state index is 0.261. The second kappa shape index (κ2) is 10.0. The topological polar surface area (TPSA) is 102 Å². The van der Waals surface area contributed by atoms with Gasteiger partial charge in [-0.1, -0.05) is 30.3 Å². The van der Waals surface area contributed by atoms with E-state index >= 15 is 0 Å². The van der Waals surface area contributed by atoms with Crippen molar-refractivity contribution in [1.82, 2.24) is 15.1 Å². The highest BCUT2D eigenvalue weighted by Crippen LogP contribution is 2.26. The lowest BCUT2D eigenvalue weighted by Gasteiger charge is -2.15. The quantitative estimate of drug-likeness (QED) is 0.381. The van der Waals surface area contributed by atoms with E-state index in [1.54, 1.807) is 36.1 Å². The fourth-order valence-corrected chi connectivity index (χ4v) is 4.22. The van der Waals surface area contributed by atoms with Crippen LogP contribution in [0.4, 0.5) is 5.69 Å². The van der Waals surface area contributed by atoms with Gasteiger partial charge in [0.15, 0.2) is 5.69 Å². The molecule has 35 heavy (non-hydrogen) atoms. The first-order valence-corrected chi connectivity index (χ1v) is 12.8. The second-order valence-corrected chi connectivity index (χ2v) is 9.83. The predicted molar refractivity (Wildman–Crippen MR) is 136 cm³/mol. The third-order valence-electron chi connectivity index (χ3n) is 5.37. The summed E-state index contributed by atoms with van der Waals surface area (Å²) >= 11 is 0. The minimum Gasteiger partial charge on any atom is -0.497 e. The number of aromatic nitrogens is 2. The summed E-state index contributed by atoms with van der Waals surface area (Å²) in [6, 6.07) is 25.4. The minimum atomic E-state index is -3.40. The molecule has 1 heterocycles. The number of rotatable bonds is 8. The number of sulfonamides is 1. The van der Waals surface area contributed by atoms with E-state index in [1.165, 1.54) is 0 Å². The van der Waals surface area contributed by atoms with Gasteiger partial charge in [0.25, 0.3) is 5.91 Å². The zero-order chi connectivity index (χ0) is 25.0. The number of nitrogens with zero attached hydrogens (tertiary/aromatic N) is 2. The zero-order valence-corrected chi connectivity index (χ0v) is 20.4. The van der Waals surface area contributed by atoms with Crippen molar-refractivity contribution in [3.63, 3.8) is 0 Å². The molecule has 0 aliphatic rings. The monoisotopic (exact) mass is 490 g/mol. The van der Waals surface area contributed by atoms with Gasteiger partial charge in [-0.25, -0.2) is 13.1 Å². The van der Waals surface area contributed by atoms with Crippen molar-refractivity contribution in [2.24, 2.45) is 0 Å². The van der Waals surface area contributed by atoms with Crippen LogP contribution in [0.1, 0.15) is 29.0 Å². The Morgan fingerprint density at radius 2 is 1.69 bits per heavy atom. The lowest BCUT2D eigenvalue weighted by atomic mass is 10.1. The normalized spacial score (nSPS) is 12.1. The van der Waals surface area contributed by atoms with Crippen LogP contribution in [-0.2, 0) is 10.0 Å². The van der Waals surface area contributed by atoms with E-state index < -0.39 is 10.0 Å². The van der Waals surface area contributed by atoms with E-state index in [-0.39, 0.29) is 17.6 Å². The number of benzene rings is 3. The van der Waals surface area contributed by atoms with E-state index in [0.29, 0.717) is 5.69 Å². The lowest BCUT2D eigenvalue weighted by Crippen LogP contribution is -2.27. The van der Waals surface area contributed by atoms with Crippen LogP contribution in [-0.4, -0.2) is 37.5 Å². The van der Waals surface area contributed by atoms with Gasteiger partial charge in [-0.2, -0.15) is 5.10 Å². The molecule has 1 amide bonds. The number of anilines is 1. The van der Waals surface area contributed by atoms with Crippen molar-refractivity contribution in [1.29, 1.82) is 0 Å². The molecule has 4 rings (SSSR count). The van der Waals surface area contributed by atoms with Crippen molar-refractivity contribution < 1.29 is 17.9 Å². The molecule has 0 saturated carbocycles. The third-order valence-corrected chi connectivity index (χ3v) is 5.97. The summed E-state index contributed by atoms with van der Waals surface area (Å²) in [6.45, 7) is 1.83. The first-order valence-electron chi connectivity index (χ1n) is 10.9. The zero-order valence-electron chi connectivity index (χ0n) is 19.6. The SMILES string of the molecule is COc1ccc(-c2cc(C(=O)NC(C)c3cccc(NS(C)(=O)=O)c3)nn2-c2ccccc2)cc1. The maximum absolute atomic E-state index is 13.2. The molecule has 0 aliphatic heterocycles. The number of hydrogen-bond donors (Lipinski definition) is 2. The van der Waals surface area contributed by atoms with Crippen molar-refractivity contribution in [2.75, 3.05) is 18.1 Å². The highest BCUT2D eigenvalue weighted by Gasteiger charge is 2.19. The van der Waals surface area contributed by atoms with Gasteiger partial charge in [0.1, 0.15) is 5.75 Å². The molecule has 180 valence electrons. The maximum Gasteiger partial charge on any atom is 0.272 e. The summed E-state index contributed by atoms with van der Waals surface area (Å²) in [6.07, 6.45) is 1.09. The predicted octanol–water partition coefficient (Wildman–Crippen LogP) is 4.41. The van der Waals surface area contributed by atoms with E-state index in [1.807, 2.05) is 67.6 Å². The maximum atomic E-state index is 13.2. The molecule has 0 spiro atoms. The van der Waals surface area contributed by atoms with Crippen LogP contribution in [0.2, 0.25) is 0 Å². The van der Waals surface area contributed by atoms with Crippen LogP contribution in [0, 0.1) is 0 Å². The summed E-state index contributed by atoms with van der Waals surface area (Å²) in [5, 5.41) is 7.55. The van der Waals surface area contributed by atoms with Crippen LogP contribution in [0.3, 0.4) is 0 Å². The Morgan fingerprint density at radius 1 is 0.971 bits per heavy atom. The number of nitrogens with one attached hydrogen (secondary N) is 2. The van der Waals surface area contributed by atoms with Crippen LogP contribution in [0.5, 0.6) is 5.75 Å². The Bertz CT molecular complexity index is 1430. The standard InChI is InChI=1S/C26H26N4O4S/c1-18(20-8-7-9-21(16-20)29-35(3,32)33)27-26(31)24-17-25(19-12-14-23(34-2)15-13-19)30(28-24)22-10-5-4-6-11-22/h4-18,29H,1-3H3,(H,27,31). The molecule has 0 bridgehead atoms. The Morgan fingerprint density at radius 3 is 2.34 bits per heavy atom. The molecule has 3 aromatic carbocycles. The number of ether oxygens (including phenoxy) is 1. The van der Waals surface area contributed by atoms with Crippen LogP contribution in [0.25, 0.3) is 16.9 Å². The summed E-state index contributed by atoms with van der Waals surface area (Å²) in [4.78, 5) is 13.2. The van der Waals surface area contributed by atoms with E-state index in [9.17, 15) is 13.2 Å². The second-order valence-electron chi connectivity index (χ2n) is 8.09. The van der Waals surface area contributed by atoms with Crippen LogP contribution in [0.15, 0.2) is 84.9 Å². The fraction of sp³-hybridized carbons (Fsp3) is 0.154. The molecule has 0 radical (unpaired) electrons. The van der Waals surface area contributed by atoms with Gasteiger partial charge in [0.2, 0.25) is 10.0 Å². The van der Waals surface area contributed by atoms with E-state index in [4.69, 9.17) is 4.74 Å². The van der Waals surface area contributed by atoms with Crippen LogP contribution >= 0.6 is 0 Å². The molecule has 1 unspecified atom stereocenters. The van der Waals surface area contributed by atoms with Gasteiger partial charge < -0.3 is 10.1 Å². The number of para-hydroxylation sites is 1. The van der Waals surface area contributed by atoms with Gasteiger partial charge in [-0.3, -0.25) is 9.52 Å². The molecule has 0 fully saturated rings. The summed E-state index contributed by atoms with van der Waals surface area (Å²) in [5.74, 6) is 0.391. The molecular formula is C26H26N4O4S. The van der Waals surface area contributed by atoms with Crippen molar-refractivity contribution in [3.05, 3.63) is 96.2 Å². The molecule has 8 nitrogen and oxygen atoms in total. The Balaban J connectivity index is 1.62. The first kappa shape index (κ1) is 24.0. The smallest absolute Gasteiger partial charge is 0.272 e. The average Bonchev–Trinajstić information content (AvgIpc) is 3.29. The third kappa shape index (κ3) is 5.88. The molecule has 9 heteroatoms. The molecule has 2 N–H and O–H groups in total. The number of amides is 1. The summed E-state index contributed by atoms with van der Waals surface area (Å²) in [7, 11) is -1.79. The van der Waals surface area contributed by atoms with E-state index in [2.05, 4.69) is 15.1 Å². The molecule has 4 aromatic rings. The van der Waals surface area contributed by atoms with Gasteiger partial charge >= 0.3 is 0 Å². The van der Waals surface area contributed by atoms with E-state index in [0.717, 1.165) is 34.5 Å². The van der Waals surface area contributed by atoms with Gasteiger partial charge in [0.05, 0.1) is 30.8 Å². The van der Waals surface area contributed by atoms with Crippen molar-refractivity contribution in [3.8, 4) is 22.7 Å². The molecule has 1 atom stereocenters. The summed E-state index contributed by atoms with van der Waals surface area (Å²) in [5.41, 5.74) is 3.91.